The van der Waals surface area contributed by atoms with Crippen molar-refractivity contribution in [3.63, 3.8) is 0 Å². The predicted molar refractivity (Wildman–Crippen MR) is 113 cm³/mol. The summed E-state index contributed by atoms with van der Waals surface area (Å²) in [5.74, 6) is -5.07. The summed E-state index contributed by atoms with van der Waals surface area (Å²) in [6.07, 6.45) is 3.29. The molecular weight excluding hydrogens is 456 g/mol. The molecule has 3 saturated carbocycles. The zero-order chi connectivity index (χ0) is 24.2. The number of carbonyl (C=O) groups excluding carboxylic acids is 2. The van der Waals surface area contributed by atoms with Crippen molar-refractivity contribution in [2.24, 2.45) is 5.41 Å². The topological polar surface area (TPSA) is 92.5 Å². The van der Waals surface area contributed by atoms with Gasteiger partial charge in [-0.25, -0.2) is 19.6 Å². The predicted octanol–water partition coefficient (Wildman–Crippen LogP) is 4.03. The molecule has 0 unspecified atom stereocenters. The Kier molecular flexibility index (Phi) is 5.31. The lowest BCUT2D eigenvalue weighted by molar-refractivity contribution is -0.253. The fourth-order valence-corrected chi connectivity index (χ4v) is 4.25. The number of ether oxygens (including phenoxy) is 2. The van der Waals surface area contributed by atoms with Gasteiger partial charge in [0.1, 0.15) is 15.8 Å². The highest BCUT2D eigenvalue weighted by Gasteiger charge is 2.75. The number of esters is 1. The van der Waals surface area contributed by atoms with Crippen molar-refractivity contribution in [1.82, 2.24) is 14.7 Å². The summed E-state index contributed by atoms with van der Waals surface area (Å²) in [6, 6.07) is 5.03. The lowest BCUT2D eigenvalue weighted by atomic mass is 9.41. The largest absolute Gasteiger partial charge is 0.469 e. The molecule has 0 aliphatic heterocycles. The number of aromatic nitrogens is 3. The molecule has 0 aromatic carbocycles. The highest BCUT2D eigenvalue weighted by molar-refractivity contribution is 7.71. The van der Waals surface area contributed by atoms with Gasteiger partial charge in [0.05, 0.1) is 11.6 Å². The van der Waals surface area contributed by atoms with E-state index in [1.54, 1.807) is 39.0 Å². The maximum absolute atomic E-state index is 14.1. The zero-order valence-electron chi connectivity index (χ0n) is 18.6. The van der Waals surface area contributed by atoms with E-state index in [-0.39, 0.29) is 25.0 Å². The molecule has 0 amide bonds. The maximum atomic E-state index is 14.1. The Morgan fingerprint density at radius 2 is 1.82 bits per heavy atom. The molecule has 3 aliphatic carbocycles. The van der Waals surface area contributed by atoms with Crippen LogP contribution in [0.4, 0.5) is 8.78 Å². The number of pyridine rings is 1. The molecule has 0 atom stereocenters. The molecule has 2 aromatic rings. The third-order valence-corrected chi connectivity index (χ3v) is 5.78. The SMILES string of the molecule is CC(C)(C)OC(=O)c1cnc(C(C)(F)F)c(OC23CC(C(=O)On4ccccc4=S)(C2)C3)n1. The van der Waals surface area contributed by atoms with Gasteiger partial charge in [-0.2, -0.15) is 13.5 Å². The Balaban J connectivity index is 1.50. The molecule has 2 heterocycles. The van der Waals surface area contributed by atoms with Gasteiger partial charge < -0.3 is 14.3 Å². The van der Waals surface area contributed by atoms with Gasteiger partial charge in [0, 0.05) is 32.4 Å². The number of nitrogens with zero attached hydrogens (tertiary/aromatic N) is 3. The lowest BCUT2D eigenvalue weighted by Crippen LogP contribution is -2.74. The molecule has 3 fully saturated rings. The fraction of sp³-hybridized carbons (Fsp3) is 0.500. The minimum absolute atomic E-state index is 0.243. The summed E-state index contributed by atoms with van der Waals surface area (Å²) >= 11 is 5.12. The maximum Gasteiger partial charge on any atom is 0.359 e. The average Bonchev–Trinajstić information content (AvgIpc) is 2.62. The van der Waals surface area contributed by atoms with Crippen LogP contribution in [0.5, 0.6) is 5.88 Å². The van der Waals surface area contributed by atoms with E-state index < -0.39 is 46.1 Å². The van der Waals surface area contributed by atoms with E-state index in [4.69, 9.17) is 26.5 Å². The Labute approximate surface area is 193 Å². The minimum atomic E-state index is -3.35. The molecule has 3 aliphatic rings. The number of carbonyl (C=O) groups is 2. The van der Waals surface area contributed by atoms with E-state index in [9.17, 15) is 18.4 Å². The average molecular weight is 480 g/mol. The zero-order valence-corrected chi connectivity index (χ0v) is 19.4. The number of rotatable bonds is 6. The molecule has 8 nitrogen and oxygen atoms in total. The van der Waals surface area contributed by atoms with Crippen LogP contribution in [0.15, 0.2) is 30.6 Å². The van der Waals surface area contributed by atoms with Crippen LogP contribution in [0.3, 0.4) is 0 Å². The first-order chi connectivity index (χ1) is 15.2. The van der Waals surface area contributed by atoms with Crippen LogP contribution in [-0.2, 0) is 15.5 Å². The Morgan fingerprint density at radius 3 is 2.39 bits per heavy atom. The fourth-order valence-electron chi connectivity index (χ4n) is 4.07. The van der Waals surface area contributed by atoms with E-state index >= 15 is 0 Å². The summed E-state index contributed by atoms with van der Waals surface area (Å²) in [5.41, 5.74) is -3.34. The Morgan fingerprint density at radius 1 is 1.15 bits per heavy atom. The summed E-state index contributed by atoms with van der Waals surface area (Å²) in [5, 5.41) is 0. The van der Waals surface area contributed by atoms with Crippen molar-refractivity contribution in [3.05, 3.63) is 46.6 Å². The van der Waals surface area contributed by atoms with Gasteiger partial charge in [-0.3, -0.25) is 0 Å². The lowest BCUT2D eigenvalue weighted by Gasteiger charge is -2.66. The first-order valence-electron chi connectivity index (χ1n) is 10.3. The van der Waals surface area contributed by atoms with Gasteiger partial charge in [-0.15, -0.1) is 0 Å². The Hall–Kier alpha value is -2.95. The number of hydrogen-bond acceptors (Lipinski definition) is 8. The number of halogens is 2. The van der Waals surface area contributed by atoms with Gasteiger partial charge in [-0.05, 0) is 32.9 Å². The molecule has 0 spiro atoms. The van der Waals surface area contributed by atoms with Crippen molar-refractivity contribution in [2.45, 2.75) is 64.1 Å². The van der Waals surface area contributed by atoms with Crippen LogP contribution >= 0.6 is 12.2 Å². The summed E-state index contributed by atoms with van der Waals surface area (Å²) in [6.45, 7) is 5.69. The number of alkyl halides is 2. The molecule has 33 heavy (non-hydrogen) atoms. The third kappa shape index (κ3) is 4.46. The summed E-state index contributed by atoms with van der Waals surface area (Å²) in [4.78, 5) is 38.1. The summed E-state index contributed by atoms with van der Waals surface area (Å²) in [7, 11) is 0. The quantitative estimate of drug-likeness (QED) is 0.453. The van der Waals surface area contributed by atoms with Crippen LogP contribution in [0, 0.1) is 10.1 Å². The molecule has 176 valence electrons. The molecular formula is C22H23F2N3O5S. The van der Waals surface area contributed by atoms with Gasteiger partial charge in [0.15, 0.2) is 11.4 Å². The minimum Gasteiger partial charge on any atom is -0.469 e. The van der Waals surface area contributed by atoms with Crippen LogP contribution in [0.1, 0.15) is 63.1 Å². The van der Waals surface area contributed by atoms with Gasteiger partial charge in [0.25, 0.3) is 5.92 Å². The smallest absolute Gasteiger partial charge is 0.359 e. The van der Waals surface area contributed by atoms with E-state index in [2.05, 4.69) is 9.97 Å². The molecule has 0 saturated heterocycles. The van der Waals surface area contributed by atoms with Gasteiger partial charge >= 0.3 is 11.9 Å². The number of hydrogen-bond donors (Lipinski definition) is 0. The van der Waals surface area contributed by atoms with Gasteiger partial charge in [0.2, 0.25) is 5.88 Å². The standard InChI is InChI=1S/C22H23F2N3O5S/c1-19(2,3)31-17(28)13-9-25-15(20(4,23)24)16(26-13)30-22-10-21(11-22,12-22)18(29)32-27-8-6-5-7-14(27)33/h5-9H,10-12H2,1-4H3. The van der Waals surface area contributed by atoms with Crippen molar-refractivity contribution in [3.8, 4) is 5.88 Å². The second-order valence-electron chi connectivity index (χ2n) is 9.64. The molecule has 5 rings (SSSR count). The van der Waals surface area contributed by atoms with Crippen LogP contribution < -0.4 is 9.57 Å². The highest BCUT2D eigenvalue weighted by atomic mass is 32.1. The normalized spacial score (nSPS) is 23.7. The Bertz CT molecular complexity index is 1170. The second-order valence-corrected chi connectivity index (χ2v) is 10.1. The van der Waals surface area contributed by atoms with Crippen molar-refractivity contribution in [2.75, 3.05) is 0 Å². The van der Waals surface area contributed by atoms with Crippen LogP contribution in [0.25, 0.3) is 0 Å². The molecule has 11 heteroatoms. The first kappa shape index (κ1) is 23.2. The third-order valence-electron chi connectivity index (χ3n) is 5.46. The van der Waals surface area contributed by atoms with E-state index in [1.807, 2.05) is 0 Å². The van der Waals surface area contributed by atoms with Crippen LogP contribution in [0.2, 0.25) is 0 Å². The van der Waals surface area contributed by atoms with E-state index in [0.717, 1.165) is 6.20 Å². The summed E-state index contributed by atoms with van der Waals surface area (Å²) < 4.78 is 40.9. The molecule has 0 radical (unpaired) electrons. The van der Waals surface area contributed by atoms with Crippen molar-refractivity contribution >= 4 is 24.2 Å². The highest BCUT2D eigenvalue weighted by Crippen LogP contribution is 2.69. The second kappa shape index (κ2) is 7.54. The van der Waals surface area contributed by atoms with Gasteiger partial charge in [-0.1, -0.05) is 18.3 Å². The molecule has 0 N–H and O–H groups in total. The van der Waals surface area contributed by atoms with E-state index in [1.165, 1.54) is 10.9 Å². The first-order valence-corrected chi connectivity index (χ1v) is 10.7. The van der Waals surface area contributed by atoms with E-state index in [0.29, 0.717) is 11.6 Å². The van der Waals surface area contributed by atoms with Crippen molar-refractivity contribution < 1.29 is 32.7 Å². The molecule has 2 bridgehead atoms. The van der Waals surface area contributed by atoms with Crippen LogP contribution in [-0.4, -0.2) is 37.8 Å². The monoisotopic (exact) mass is 479 g/mol. The van der Waals surface area contributed by atoms with Crippen molar-refractivity contribution in [1.29, 1.82) is 0 Å². The molecule has 2 aromatic heterocycles.